The molecule has 0 unspecified atom stereocenters. The van der Waals surface area contributed by atoms with Gasteiger partial charge >= 0.3 is 0 Å². The Hall–Kier alpha value is -2.07. The summed E-state index contributed by atoms with van der Waals surface area (Å²) in [6.45, 7) is 1.86. The summed E-state index contributed by atoms with van der Waals surface area (Å²) in [5, 5.41) is 0.601. The molecule has 0 bridgehead atoms. The minimum Gasteiger partial charge on any atom is -0.495 e. The van der Waals surface area contributed by atoms with Crippen molar-refractivity contribution in [3.63, 3.8) is 0 Å². The minimum absolute atomic E-state index is 0.142. The number of amides is 1. The summed E-state index contributed by atoms with van der Waals surface area (Å²) in [5.41, 5.74) is 2.98. The Morgan fingerprint density at radius 2 is 1.96 bits per heavy atom. The molecule has 1 heterocycles. The van der Waals surface area contributed by atoms with Crippen LogP contribution in [0.25, 0.3) is 0 Å². The first-order valence-corrected chi connectivity index (χ1v) is 8.15. The molecule has 0 atom stereocenters. The van der Waals surface area contributed by atoms with E-state index in [1.165, 1.54) is 12.1 Å². The predicted molar refractivity (Wildman–Crippen MR) is 95.5 cm³/mol. The van der Waals surface area contributed by atoms with Gasteiger partial charge in [0.15, 0.2) is 0 Å². The Morgan fingerprint density at radius 1 is 1.21 bits per heavy atom. The van der Waals surface area contributed by atoms with Crippen LogP contribution in [0.15, 0.2) is 36.4 Å². The highest BCUT2D eigenvalue weighted by atomic mass is 35.5. The smallest absolute Gasteiger partial charge is 0.226 e. The van der Waals surface area contributed by atoms with E-state index in [9.17, 15) is 9.18 Å². The van der Waals surface area contributed by atoms with Crippen LogP contribution in [-0.4, -0.2) is 20.1 Å². The first kappa shape index (κ1) is 18.3. The van der Waals surface area contributed by atoms with E-state index in [0.29, 0.717) is 17.2 Å². The van der Waals surface area contributed by atoms with Crippen molar-refractivity contribution in [2.75, 3.05) is 19.1 Å². The van der Waals surface area contributed by atoms with Gasteiger partial charge in [-0.3, -0.25) is 4.79 Å². The molecule has 5 heteroatoms. The molecule has 0 fully saturated rings. The third-order valence-corrected chi connectivity index (χ3v) is 4.20. The Morgan fingerprint density at radius 3 is 2.54 bits per heavy atom. The first-order chi connectivity index (χ1) is 11.4. The van der Waals surface area contributed by atoms with Gasteiger partial charge in [0.2, 0.25) is 5.91 Å². The van der Waals surface area contributed by atoms with E-state index in [1.807, 2.05) is 25.1 Å². The van der Waals surface area contributed by atoms with Gasteiger partial charge in [0.25, 0.3) is 0 Å². The fourth-order valence-corrected chi connectivity index (χ4v) is 2.85. The number of carbonyl (C=O) groups is 1. The molecule has 3 rings (SSSR count). The molecule has 3 nitrogen and oxygen atoms in total. The first-order valence-electron chi connectivity index (χ1n) is 7.77. The van der Waals surface area contributed by atoms with E-state index in [1.54, 1.807) is 25.1 Å². The zero-order valence-corrected chi connectivity index (χ0v) is 14.9. The maximum absolute atomic E-state index is 12.2. The lowest BCUT2D eigenvalue weighted by Crippen LogP contribution is -2.25. The lowest BCUT2D eigenvalue weighted by Gasteiger charge is -2.19. The highest BCUT2D eigenvalue weighted by molar-refractivity contribution is 6.32. The maximum Gasteiger partial charge on any atom is 0.226 e. The average Bonchev–Trinajstić information content (AvgIpc) is 2.67. The number of ether oxygens (including phenoxy) is 1. The standard InChI is InChI=1S/C12H14ClNO2.C7H7F/c1-14-10-7-11(16-2)9(13)6-8(10)4-3-5-12(14)15;1-6-3-2-4-7(8)5-6/h6-7H,3-5H2,1-2H3;2-5H,1H3. The Labute approximate surface area is 147 Å². The number of benzene rings is 2. The molecule has 24 heavy (non-hydrogen) atoms. The Kier molecular flexibility index (Phi) is 6.21. The number of hydrogen-bond donors (Lipinski definition) is 0. The molecule has 1 amide bonds. The molecular weight excluding hydrogens is 329 g/mol. The number of nitrogens with zero attached hydrogens (tertiary/aromatic N) is 1. The number of fused-ring (bicyclic) bond motifs is 1. The molecule has 1 aliphatic rings. The van der Waals surface area contributed by atoms with Crippen molar-refractivity contribution in [2.45, 2.75) is 26.2 Å². The van der Waals surface area contributed by atoms with E-state index in [0.717, 1.165) is 29.7 Å². The molecule has 0 spiro atoms. The molecule has 0 aliphatic carbocycles. The quantitative estimate of drug-likeness (QED) is 0.741. The molecule has 1 aliphatic heterocycles. The number of anilines is 1. The summed E-state index contributed by atoms with van der Waals surface area (Å²) in [6, 6.07) is 10.2. The van der Waals surface area contributed by atoms with Gasteiger partial charge < -0.3 is 9.64 Å². The van der Waals surface area contributed by atoms with Gasteiger partial charge in [0.1, 0.15) is 11.6 Å². The Balaban J connectivity index is 0.000000219. The SMILES string of the molecule is COc1cc2c(cc1Cl)CCCC(=O)N2C.Cc1cccc(F)c1. The van der Waals surface area contributed by atoms with Crippen LogP contribution in [0.3, 0.4) is 0 Å². The van der Waals surface area contributed by atoms with Gasteiger partial charge in [-0.15, -0.1) is 0 Å². The van der Waals surface area contributed by atoms with Crippen LogP contribution in [0.4, 0.5) is 10.1 Å². The summed E-state index contributed by atoms with van der Waals surface area (Å²) >= 11 is 6.07. The van der Waals surface area contributed by atoms with Crippen LogP contribution in [0.2, 0.25) is 5.02 Å². The zero-order valence-electron chi connectivity index (χ0n) is 14.1. The molecule has 2 aromatic carbocycles. The minimum atomic E-state index is -0.162. The highest BCUT2D eigenvalue weighted by Crippen LogP contribution is 2.35. The van der Waals surface area contributed by atoms with Crippen molar-refractivity contribution in [3.05, 3.63) is 58.4 Å². The van der Waals surface area contributed by atoms with Crippen LogP contribution < -0.4 is 9.64 Å². The van der Waals surface area contributed by atoms with Crippen molar-refractivity contribution in [1.29, 1.82) is 0 Å². The van der Waals surface area contributed by atoms with E-state index < -0.39 is 0 Å². The summed E-state index contributed by atoms with van der Waals surface area (Å²) in [5.74, 6) is 0.593. The number of halogens is 2. The molecule has 2 aromatic rings. The second kappa shape index (κ2) is 8.15. The predicted octanol–water partition coefficient (Wildman–Crippen LogP) is 4.78. The highest BCUT2D eigenvalue weighted by Gasteiger charge is 2.20. The van der Waals surface area contributed by atoms with Gasteiger partial charge in [-0.05, 0) is 49.1 Å². The topological polar surface area (TPSA) is 29.5 Å². The molecule has 0 aromatic heterocycles. The number of methoxy groups -OCH3 is 1. The fourth-order valence-electron chi connectivity index (χ4n) is 2.59. The van der Waals surface area contributed by atoms with Gasteiger partial charge in [-0.1, -0.05) is 23.7 Å². The molecular formula is C19H21ClFNO2. The van der Waals surface area contributed by atoms with Crippen molar-refractivity contribution >= 4 is 23.2 Å². The number of rotatable bonds is 1. The van der Waals surface area contributed by atoms with E-state index in [2.05, 4.69) is 0 Å². The van der Waals surface area contributed by atoms with Crippen LogP contribution in [-0.2, 0) is 11.2 Å². The average molecular weight is 350 g/mol. The molecule has 0 radical (unpaired) electrons. The van der Waals surface area contributed by atoms with Gasteiger partial charge in [-0.2, -0.15) is 0 Å². The van der Waals surface area contributed by atoms with Crippen molar-refractivity contribution < 1.29 is 13.9 Å². The second-order valence-electron chi connectivity index (χ2n) is 5.72. The lowest BCUT2D eigenvalue weighted by molar-refractivity contribution is -0.118. The zero-order chi connectivity index (χ0) is 17.7. The number of hydrogen-bond acceptors (Lipinski definition) is 2. The largest absolute Gasteiger partial charge is 0.495 e. The van der Waals surface area contributed by atoms with Gasteiger partial charge in [-0.25, -0.2) is 4.39 Å². The molecule has 128 valence electrons. The third kappa shape index (κ3) is 4.48. The maximum atomic E-state index is 12.2. The van der Waals surface area contributed by atoms with Crippen LogP contribution in [0.5, 0.6) is 5.75 Å². The number of carbonyl (C=O) groups excluding carboxylic acids is 1. The van der Waals surface area contributed by atoms with E-state index in [4.69, 9.17) is 16.3 Å². The lowest BCUT2D eigenvalue weighted by atomic mass is 10.1. The van der Waals surface area contributed by atoms with Gasteiger partial charge in [0, 0.05) is 19.5 Å². The van der Waals surface area contributed by atoms with Crippen LogP contribution >= 0.6 is 11.6 Å². The Bertz CT molecular complexity index is 716. The summed E-state index contributed by atoms with van der Waals surface area (Å²) < 4.78 is 17.3. The van der Waals surface area contributed by atoms with Gasteiger partial charge in [0.05, 0.1) is 17.8 Å². The molecule has 0 saturated carbocycles. The summed E-state index contributed by atoms with van der Waals surface area (Å²) in [7, 11) is 3.37. The van der Waals surface area contributed by atoms with Crippen molar-refractivity contribution in [2.24, 2.45) is 0 Å². The normalized spacial score (nSPS) is 13.5. The third-order valence-electron chi connectivity index (χ3n) is 3.91. The van der Waals surface area contributed by atoms with Crippen LogP contribution in [0.1, 0.15) is 24.0 Å². The second-order valence-corrected chi connectivity index (χ2v) is 6.13. The molecule has 0 N–H and O–H groups in total. The van der Waals surface area contributed by atoms with Crippen LogP contribution in [0, 0.1) is 12.7 Å². The van der Waals surface area contributed by atoms with E-state index >= 15 is 0 Å². The van der Waals surface area contributed by atoms with Crippen molar-refractivity contribution in [3.8, 4) is 5.75 Å². The monoisotopic (exact) mass is 349 g/mol. The molecule has 0 saturated heterocycles. The summed E-state index contributed by atoms with van der Waals surface area (Å²) in [6.07, 6.45) is 2.35. The van der Waals surface area contributed by atoms with Crippen molar-refractivity contribution in [1.82, 2.24) is 0 Å². The summed E-state index contributed by atoms with van der Waals surface area (Å²) in [4.78, 5) is 13.4. The fraction of sp³-hybridized carbons (Fsp3) is 0.316. The van der Waals surface area contributed by atoms with E-state index in [-0.39, 0.29) is 11.7 Å². The number of aryl methyl sites for hydroxylation is 2.